The zero-order chi connectivity index (χ0) is 11.5. The second-order valence-corrected chi connectivity index (χ2v) is 5.63. The van der Waals surface area contributed by atoms with Crippen molar-refractivity contribution in [1.82, 2.24) is 0 Å². The summed E-state index contributed by atoms with van der Waals surface area (Å²) in [5.74, 6) is 0.692. The van der Waals surface area contributed by atoms with Gasteiger partial charge in [0, 0.05) is 0 Å². The van der Waals surface area contributed by atoms with Crippen molar-refractivity contribution in [2.24, 2.45) is 5.92 Å². The Morgan fingerprint density at radius 2 is 1.81 bits per heavy atom. The maximum absolute atomic E-state index is 6.64. The molecule has 0 spiro atoms. The molecule has 1 unspecified atom stereocenters. The molecule has 0 nitrogen and oxygen atoms in total. The van der Waals surface area contributed by atoms with Gasteiger partial charge in [0.2, 0.25) is 0 Å². The molecule has 0 bridgehead atoms. The lowest BCUT2D eigenvalue weighted by Gasteiger charge is -2.27. The fourth-order valence-electron chi connectivity index (χ4n) is 2.82. The summed E-state index contributed by atoms with van der Waals surface area (Å²) in [6.07, 6.45) is 6.73. The highest BCUT2D eigenvalue weighted by atomic mass is 35.5. The summed E-state index contributed by atoms with van der Waals surface area (Å²) in [7, 11) is 0. The van der Waals surface area contributed by atoms with Gasteiger partial charge < -0.3 is 0 Å². The molecule has 1 aromatic rings. The van der Waals surface area contributed by atoms with Gasteiger partial charge in [-0.1, -0.05) is 43.0 Å². The quantitative estimate of drug-likeness (QED) is 0.622. The SMILES string of the molecule is Cc1ccc(C(Cl)C2CCCCC2)c(C)c1. The Morgan fingerprint density at radius 3 is 2.44 bits per heavy atom. The molecule has 1 aromatic carbocycles. The third-order valence-electron chi connectivity index (χ3n) is 3.79. The predicted octanol–water partition coefficient (Wildman–Crippen LogP) is 5.16. The second kappa shape index (κ2) is 5.23. The minimum atomic E-state index is 0.223. The van der Waals surface area contributed by atoms with Crippen LogP contribution in [0.3, 0.4) is 0 Å². The van der Waals surface area contributed by atoms with E-state index >= 15 is 0 Å². The molecule has 0 saturated heterocycles. The van der Waals surface area contributed by atoms with E-state index in [9.17, 15) is 0 Å². The first-order valence-electron chi connectivity index (χ1n) is 6.39. The van der Waals surface area contributed by atoms with Crippen molar-refractivity contribution in [2.45, 2.75) is 51.3 Å². The maximum atomic E-state index is 6.64. The average molecular weight is 237 g/mol. The van der Waals surface area contributed by atoms with Crippen LogP contribution in [0.2, 0.25) is 0 Å². The molecule has 16 heavy (non-hydrogen) atoms. The Hall–Kier alpha value is -0.490. The van der Waals surface area contributed by atoms with E-state index in [-0.39, 0.29) is 5.38 Å². The topological polar surface area (TPSA) is 0 Å². The first kappa shape index (κ1) is 12.0. The van der Waals surface area contributed by atoms with E-state index in [0.717, 1.165) is 0 Å². The summed E-state index contributed by atoms with van der Waals surface area (Å²) in [4.78, 5) is 0. The Balaban J connectivity index is 2.15. The van der Waals surface area contributed by atoms with Gasteiger partial charge in [-0.15, -0.1) is 11.6 Å². The second-order valence-electron chi connectivity index (χ2n) is 5.16. The standard InChI is InChI=1S/C15H21Cl/c1-11-8-9-14(12(2)10-11)15(16)13-6-4-3-5-7-13/h8-10,13,15H,3-7H2,1-2H3. The monoisotopic (exact) mass is 236 g/mol. The van der Waals surface area contributed by atoms with Gasteiger partial charge in [-0.25, -0.2) is 0 Å². The highest BCUT2D eigenvalue weighted by molar-refractivity contribution is 6.21. The Labute approximate surface area is 104 Å². The van der Waals surface area contributed by atoms with Crippen LogP contribution in [0.4, 0.5) is 0 Å². The van der Waals surface area contributed by atoms with E-state index in [1.165, 1.54) is 48.8 Å². The molecule has 0 radical (unpaired) electrons. The number of alkyl halides is 1. The van der Waals surface area contributed by atoms with Gasteiger partial charge in [-0.3, -0.25) is 0 Å². The van der Waals surface area contributed by atoms with Crippen LogP contribution in [0.25, 0.3) is 0 Å². The molecule has 1 aliphatic carbocycles. The largest absolute Gasteiger partial charge is 0.118 e. The van der Waals surface area contributed by atoms with Gasteiger partial charge in [0.1, 0.15) is 0 Å². The maximum Gasteiger partial charge on any atom is 0.0615 e. The molecule has 2 rings (SSSR count). The third-order valence-corrected chi connectivity index (χ3v) is 4.38. The summed E-state index contributed by atoms with van der Waals surface area (Å²) in [6.45, 7) is 4.32. The molecule has 88 valence electrons. The van der Waals surface area contributed by atoms with E-state index in [2.05, 4.69) is 32.0 Å². The summed E-state index contributed by atoms with van der Waals surface area (Å²) < 4.78 is 0. The van der Waals surface area contributed by atoms with Crippen molar-refractivity contribution >= 4 is 11.6 Å². The van der Waals surface area contributed by atoms with Crippen molar-refractivity contribution in [3.8, 4) is 0 Å². The van der Waals surface area contributed by atoms with Crippen LogP contribution in [-0.4, -0.2) is 0 Å². The molecule has 1 heteroatoms. The normalized spacial score (nSPS) is 19.7. The lowest BCUT2D eigenvalue weighted by Crippen LogP contribution is -2.13. The lowest BCUT2D eigenvalue weighted by atomic mass is 9.83. The fraction of sp³-hybridized carbons (Fsp3) is 0.600. The minimum absolute atomic E-state index is 0.223. The van der Waals surface area contributed by atoms with Gasteiger partial charge in [0.05, 0.1) is 5.38 Å². The first-order valence-corrected chi connectivity index (χ1v) is 6.83. The van der Waals surface area contributed by atoms with Crippen LogP contribution in [0.5, 0.6) is 0 Å². The number of hydrogen-bond donors (Lipinski definition) is 0. The summed E-state index contributed by atoms with van der Waals surface area (Å²) in [5.41, 5.74) is 4.03. The van der Waals surface area contributed by atoms with Gasteiger partial charge in [0.15, 0.2) is 0 Å². The molecule has 1 atom stereocenters. The number of hydrogen-bond acceptors (Lipinski definition) is 0. The van der Waals surface area contributed by atoms with E-state index < -0.39 is 0 Å². The summed E-state index contributed by atoms with van der Waals surface area (Å²) >= 11 is 6.64. The predicted molar refractivity (Wildman–Crippen MR) is 71.1 cm³/mol. The van der Waals surface area contributed by atoms with E-state index in [0.29, 0.717) is 5.92 Å². The highest BCUT2D eigenvalue weighted by Crippen LogP contribution is 2.39. The van der Waals surface area contributed by atoms with Crippen LogP contribution in [0.1, 0.15) is 54.2 Å². The lowest BCUT2D eigenvalue weighted by molar-refractivity contribution is 0.348. The van der Waals surface area contributed by atoms with Crippen LogP contribution >= 0.6 is 11.6 Å². The molecule has 0 aromatic heterocycles. The van der Waals surface area contributed by atoms with Crippen LogP contribution in [-0.2, 0) is 0 Å². The minimum Gasteiger partial charge on any atom is -0.118 e. The molecule has 1 saturated carbocycles. The Morgan fingerprint density at radius 1 is 1.12 bits per heavy atom. The summed E-state index contributed by atoms with van der Waals surface area (Å²) in [6, 6.07) is 6.64. The zero-order valence-electron chi connectivity index (χ0n) is 10.3. The van der Waals surface area contributed by atoms with Crippen molar-refractivity contribution in [2.75, 3.05) is 0 Å². The van der Waals surface area contributed by atoms with Crippen molar-refractivity contribution in [3.05, 3.63) is 34.9 Å². The molecule has 0 aliphatic heterocycles. The first-order chi connectivity index (χ1) is 7.68. The molecule has 1 aliphatic rings. The van der Waals surface area contributed by atoms with Crippen molar-refractivity contribution in [3.63, 3.8) is 0 Å². The molecule has 0 amide bonds. The number of halogens is 1. The molecule has 0 N–H and O–H groups in total. The third kappa shape index (κ3) is 2.60. The number of rotatable bonds is 2. The van der Waals surface area contributed by atoms with Crippen molar-refractivity contribution in [1.29, 1.82) is 0 Å². The van der Waals surface area contributed by atoms with E-state index in [1.54, 1.807) is 0 Å². The van der Waals surface area contributed by atoms with Gasteiger partial charge in [-0.05, 0) is 43.7 Å². The van der Waals surface area contributed by atoms with Crippen LogP contribution < -0.4 is 0 Å². The van der Waals surface area contributed by atoms with Crippen LogP contribution in [0.15, 0.2) is 18.2 Å². The Kier molecular flexibility index (Phi) is 3.91. The molecular formula is C15H21Cl. The highest BCUT2D eigenvalue weighted by Gasteiger charge is 2.23. The van der Waals surface area contributed by atoms with Gasteiger partial charge >= 0.3 is 0 Å². The van der Waals surface area contributed by atoms with E-state index in [4.69, 9.17) is 11.6 Å². The van der Waals surface area contributed by atoms with Crippen LogP contribution in [0, 0.1) is 19.8 Å². The number of benzene rings is 1. The average Bonchev–Trinajstić information content (AvgIpc) is 2.29. The number of aryl methyl sites for hydroxylation is 2. The fourth-order valence-corrected chi connectivity index (χ4v) is 3.31. The van der Waals surface area contributed by atoms with Crippen molar-refractivity contribution < 1.29 is 0 Å². The Bertz CT molecular complexity index is 350. The smallest absolute Gasteiger partial charge is 0.0615 e. The molecule has 1 fully saturated rings. The van der Waals surface area contributed by atoms with Gasteiger partial charge in [0.25, 0.3) is 0 Å². The molecular weight excluding hydrogens is 216 g/mol. The summed E-state index contributed by atoms with van der Waals surface area (Å²) in [5, 5.41) is 0.223. The van der Waals surface area contributed by atoms with E-state index in [1.807, 2.05) is 0 Å². The van der Waals surface area contributed by atoms with Gasteiger partial charge in [-0.2, -0.15) is 0 Å². The molecule has 0 heterocycles. The zero-order valence-corrected chi connectivity index (χ0v) is 11.1.